The topological polar surface area (TPSA) is 87.2 Å². The Morgan fingerprint density at radius 2 is 1.61 bits per heavy atom. The van der Waals surface area contributed by atoms with Gasteiger partial charge in [-0.25, -0.2) is 9.67 Å². The van der Waals surface area contributed by atoms with Crippen molar-refractivity contribution in [2.75, 3.05) is 19.0 Å². The number of carbonyl (C=O) groups excluding carboxylic acids is 1. The van der Waals surface area contributed by atoms with Crippen molar-refractivity contribution >= 4 is 22.9 Å². The van der Waals surface area contributed by atoms with Crippen LogP contribution in [0.5, 0.6) is 0 Å². The fourth-order valence-corrected chi connectivity index (χ4v) is 7.18. The van der Waals surface area contributed by atoms with Crippen molar-refractivity contribution in [3.63, 3.8) is 0 Å². The van der Waals surface area contributed by atoms with Gasteiger partial charge in [-0.3, -0.25) is 4.79 Å². The maximum Gasteiger partial charge on any atom is 0.222 e. The second-order valence-electron chi connectivity index (χ2n) is 11.1. The number of benzene rings is 2. The first-order valence-electron chi connectivity index (χ1n) is 12.8. The van der Waals surface area contributed by atoms with E-state index in [0.29, 0.717) is 11.3 Å². The van der Waals surface area contributed by atoms with Crippen molar-refractivity contribution in [3.8, 4) is 11.8 Å². The molecule has 7 nitrogen and oxygen atoms in total. The Bertz CT molecular complexity index is 1320. The van der Waals surface area contributed by atoms with Crippen LogP contribution < -0.4 is 4.90 Å². The minimum Gasteiger partial charge on any atom is -0.378 e. The van der Waals surface area contributed by atoms with Crippen LogP contribution in [-0.4, -0.2) is 40.6 Å². The molecule has 0 N–H and O–H groups in total. The quantitative estimate of drug-likeness (QED) is 0.355. The van der Waals surface area contributed by atoms with Crippen LogP contribution >= 0.6 is 0 Å². The number of hydrogen-bond acceptors (Lipinski definition) is 6. The lowest BCUT2D eigenvalue weighted by atomic mass is 9.49. The van der Waals surface area contributed by atoms with Crippen LogP contribution in [0.25, 0.3) is 5.69 Å². The highest BCUT2D eigenvalue weighted by Crippen LogP contribution is 2.60. The van der Waals surface area contributed by atoms with Gasteiger partial charge in [0.1, 0.15) is 6.07 Å². The van der Waals surface area contributed by atoms with Crippen LogP contribution in [0.3, 0.4) is 0 Å². The third-order valence-electron chi connectivity index (χ3n) is 8.43. The minimum atomic E-state index is -0.388. The Balaban J connectivity index is 1.25. The lowest BCUT2D eigenvalue weighted by Gasteiger charge is -2.56. The molecule has 4 bridgehead atoms. The smallest absolute Gasteiger partial charge is 0.222 e. The minimum absolute atomic E-state index is 0.129. The van der Waals surface area contributed by atoms with E-state index in [1.54, 1.807) is 24.3 Å². The third-order valence-corrected chi connectivity index (χ3v) is 8.43. The van der Waals surface area contributed by atoms with E-state index in [-0.39, 0.29) is 16.9 Å². The molecule has 36 heavy (non-hydrogen) atoms. The summed E-state index contributed by atoms with van der Waals surface area (Å²) in [5.74, 6) is 2.12. The number of carbonyl (C=O) groups is 1. The number of ketones is 1. The molecule has 3 aromatic rings. The Morgan fingerprint density at radius 3 is 2.17 bits per heavy atom. The molecule has 4 aliphatic carbocycles. The molecule has 4 saturated carbocycles. The summed E-state index contributed by atoms with van der Waals surface area (Å²) in [6, 6.07) is 16.7. The third kappa shape index (κ3) is 3.91. The zero-order valence-electron chi connectivity index (χ0n) is 20.8. The summed E-state index contributed by atoms with van der Waals surface area (Å²) in [6.07, 6.45) is 9.83. The van der Waals surface area contributed by atoms with Gasteiger partial charge in [0.05, 0.1) is 23.3 Å². The largest absolute Gasteiger partial charge is 0.378 e. The number of Topliss-reactive ketones (excluding diaryl/α,β-unsaturated/α-hetero) is 1. The van der Waals surface area contributed by atoms with Crippen molar-refractivity contribution in [3.05, 3.63) is 66.0 Å². The standard InChI is InChI=1S/C29H30N6O/c1-34(2)24-9-5-23(6-10-24)32-26(17-30)28(36)22-3-7-25(8-4-22)35-27(18-31-33-35)29-14-19-11-20(15-29)13-21(12-19)16-29/h3-10,18-21H,11-16H2,1-2H3. The molecule has 2 aromatic carbocycles. The van der Waals surface area contributed by atoms with E-state index in [9.17, 15) is 10.1 Å². The van der Waals surface area contributed by atoms with Gasteiger partial charge >= 0.3 is 0 Å². The zero-order valence-corrected chi connectivity index (χ0v) is 20.8. The Hall–Kier alpha value is -3.79. The SMILES string of the molecule is CN(C)c1ccc(N=C(C#N)C(=O)c2ccc(-n3nncc3C34CC5CC(CC(C5)C3)C4)cc2)cc1. The van der Waals surface area contributed by atoms with E-state index in [1.807, 2.05) is 60.2 Å². The van der Waals surface area contributed by atoms with Gasteiger partial charge in [0.2, 0.25) is 5.78 Å². The van der Waals surface area contributed by atoms with E-state index in [0.717, 1.165) is 29.1 Å². The molecular formula is C29H30N6O. The molecule has 1 aromatic heterocycles. The van der Waals surface area contributed by atoms with Gasteiger partial charge in [0, 0.05) is 30.8 Å². The predicted octanol–water partition coefficient (Wildman–Crippen LogP) is 5.28. The molecule has 4 aliphatic rings. The van der Waals surface area contributed by atoms with E-state index < -0.39 is 0 Å². The molecule has 7 heteroatoms. The van der Waals surface area contributed by atoms with Crippen molar-refractivity contribution in [2.24, 2.45) is 22.7 Å². The predicted molar refractivity (Wildman–Crippen MR) is 139 cm³/mol. The highest BCUT2D eigenvalue weighted by molar-refractivity contribution is 6.51. The summed E-state index contributed by atoms with van der Waals surface area (Å²) < 4.78 is 1.97. The van der Waals surface area contributed by atoms with Crippen molar-refractivity contribution in [2.45, 2.75) is 43.9 Å². The molecule has 0 atom stereocenters. The average Bonchev–Trinajstić information content (AvgIpc) is 3.38. The van der Waals surface area contributed by atoms with Crippen LogP contribution in [0.1, 0.15) is 54.6 Å². The molecule has 182 valence electrons. The normalized spacial score (nSPS) is 26.6. The summed E-state index contributed by atoms with van der Waals surface area (Å²) in [5.41, 5.74) is 4.18. The highest BCUT2D eigenvalue weighted by atomic mass is 16.1. The lowest BCUT2D eigenvalue weighted by molar-refractivity contribution is -0.00828. The number of hydrogen-bond donors (Lipinski definition) is 0. The van der Waals surface area contributed by atoms with Crippen LogP contribution in [0.2, 0.25) is 0 Å². The lowest BCUT2D eigenvalue weighted by Crippen LogP contribution is -2.49. The van der Waals surface area contributed by atoms with Gasteiger partial charge in [-0.05, 0) is 105 Å². The molecule has 0 aliphatic heterocycles. The first-order chi connectivity index (χ1) is 17.4. The summed E-state index contributed by atoms with van der Waals surface area (Å²) in [7, 11) is 3.91. The first kappa shape index (κ1) is 22.7. The van der Waals surface area contributed by atoms with Gasteiger partial charge in [0.15, 0.2) is 5.71 Å². The van der Waals surface area contributed by atoms with Crippen LogP contribution in [-0.2, 0) is 5.41 Å². The van der Waals surface area contributed by atoms with E-state index >= 15 is 0 Å². The van der Waals surface area contributed by atoms with E-state index in [2.05, 4.69) is 15.3 Å². The highest BCUT2D eigenvalue weighted by Gasteiger charge is 2.53. The molecule has 1 heterocycles. The van der Waals surface area contributed by atoms with Crippen LogP contribution in [0.15, 0.2) is 59.7 Å². The summed E-state index contributed by atoms with van der Waals surface area (Å²) in [6.45, 7) is 0. The fourth-order valence-electron chi connectivity index (χ4n) is 7.18. The number of nitrogens with zero attached hydrogens (tertiary/aromatic N) is 6. The van der Waals surface area contributed by atoms with Crippen LogP contribution in [0, 0.1) is 29.1 Å². The van der Waals surface area contributed by atoms with Gasteiger partial charge in [-0.1, -0.05) is 5.21 Å². The van der Waals surface area contributed by atoms with Gasteiger partial charge < -0.3 is 4.90 Å². The molecular weight excluding hydrogens is 448 g/mol. The van der Waals surface area contributed by atoms with Gasteiger partial charge in [-0.2, -0.15) is 5.26 Å². The Morgan fingerprint density at radius 1 is 1.00 bits per heavy atom. The second-order valence-corrected chi connectivity index (χ2v) is 11.1. The maximum atomic E-state index is 13.1. The first-order valence-corrected chi connectivity index (χ1v) is 12.8. The molecule has 0 amide bonds. The Labute approximate surface area is 211 Å². The number of aromatic nitrogens is 3. The van der Waals surface area contributed by atoms with Crippen molar-refractivity contribution in [1.29, 1.82) is 5.26 Å². The molecule has 0 spiro atoms. The Kier molecular flexibility index (Phi) is 5.48. The molecule has 4 fully saturated rings. The van der Waals surface area contributed by atoms with Crippen molar-refractivity contribution in [1.82, 2.24) is 15.0 Å². The molecule has 7 rings (SSSR count). The monoisotopic (exact) mass is 478 g/mol. The second kappa shape index (κ2) is 8.70. The zero-order chi connectivity index (χ0) is 24.9. The van der Waals surface area contributed by atoms with E-state index in [1.165, 1.54) is 44.2 Å². The van der Waals surface area contributed by atoms with Crippen LogP contribution in [0.4, 0.5) is 11.4 Å². The maximum absolute atomic E-state index is 13.1. The number of anilines is 1. The van der Waals surface area contributed by atoms with Gasteiger partial charge in [0.25, 0.3) is 0 Å². The summed E-state index contributed by atoms with van der Waals surface area (Å²) in [4.78, 5) is 19.3. The fraction of sp³-hybridized carbons (Fsp3) is 0.414. The van der Waals surface area contributed by atoms with Gasteiger partial charge in [-0.15, -0.1) is 5.10 Å². The molecule has 0 saturated heterocycles. The average molecular weight is 479 g/mol. The molecule has 0 unspecified atom stereocenters. The van der Waals surface area contributed by atoms with E-state index in [4.69, 9.17) is 0 Å². The molecule has 0 radical (unpaired) electrons. The summed E-state index contributed by atoms with van der Waals surface area (Å²) in [5, 5.41) is 18.4. The number of rotatable bonds is 6. The van der Waals surface area contributed by atoms with Crippen molar-refractivity contribution < 1.29 is 4.79 Å². The number of aliphatic imine (C=N–C) groups is 1. The number of nitriles is 1. The summed E-state index contributed by atoms with van der Waals surface area (Å²) >= 11 is 0.